The van der Waals surface area contributed by atoms with Crippen molar-refractivity contribution in [3.05, 3.63) is 83.9 Å². The minimum absolute atomic E-state index is 0.0358. The highest BCUT2D eigenvalue weighted by atomic mass is 32.2. The van der Waals surface area contributed by atoms with Crippen molar-refractivity contribution in [2.45, 2.75) is 69.5 Å². The number of rotatable bonds is 13. The van der Waals surface area contributed by atoms with Gasteiger partial charge in [0.15, 0.2) is 11.5 Å². The summed E-state index contributed by atoms with van der Waals surface area (Å²) < 4.78 is 40.0. The summed E-state index contributed by atoms with van der Waals surface area (Å²) in [6.45, 7) is 3.47. The van der Waals surface area contributed by atoms with E-state index in [9.17, 15) is 18.0 Å². The van der Waals surface area contributed by atoms with E-state index in [2.05, 4.69) is 5.32 Å². The number of nitrogens with zero attached hydrogens (tertiary/aromatic N) is 2. The summed E-state index contributed by atoms with van der Waals surface area (Å²) in [6, 6.07) is 19.7. The van der Waals surface area contributed by atoms with Crippen LogP contribution in [0.1, 0.15) is 50.2 Å². The number of anilines is 1. The molecule has 0 saturated heterocycles. The lowest BCUT2D eigenvalue weighted by Crippen LogP contribution is -2.53. The summed E-state index contributed by atoms with van der Waals surface area (Å²) in [7, 11) is -1.24. The zero-order chi connectivity index (χ0) is 31.0. The average Bonchev–Trinajstić information content (AvgIpc) is 3.53. The van der Waals surface area contributed by atoms with Gasteiger partial charge in [0, 0.05) is 18.7 Å². The highest BCUT2D eigenvalue weighted by Gasteiger charge is 2.34. The van der Waals surface area contributed by atoms with Crippen LogP contribution in [-0.4, -0.2) is 58.0 Å². The summed E-state index contributed by atoms with van der Waals surface area (Å²) in [4.78, 5) is 29.4. The zero-order valence-electron chi connectivity index (χ0n) is 25.3. The number of amides is 2. The van der Waals surface area contributed by atoms with E-state index >= 15 is 0 Å². The third-order valence-corrected chi connectivity index (χ3v) is 9.61. The second-order valence-corrected chi connectivity index (χ2v) is 12.6. The number of nitrogens with one attached hydrogen (secondary N) is 1. The molecule has 0 spiro atoms. The Hall–Kier alpha value is -4.05. The SMILES string of the molecule is CCC(C(=O)NC1CCCC1)N(Cc1ccc(C)cc1)C(=O)CN(c1ccc(OC)c(OC)c1)S(=O)(=O)c1ccccc1. The molecular weight excluding hydrogens is 566 g/mol. The second-order valence-electron chi connectivity index (χ2n) is 10.8. The lowest BCUT2D eigenvalue weighted by molar-refractivity contribution is -0.140. The molecule has 0 aromatic heterocycles. The predicted octanol–water partition coefficient (Wildman–Crippen LogP) is 5.07. The average molecular weight is 608 g/mol. The van der Waals surface area contributed by atoms with Gasteiger partial charge in [0.2, 0.25) is 11.8 Å². The smallest absolute Gasteiger partial charge is 0.264 e. The fourth-order valence-corrected chi connectivity index (χ4v) is 6.83. The van der Waals surface area contributed by atoms with Crippen molar-refractivity contribution in [3.8, 4) is 11.5 Å². The molecule has 1 aliphatic carbocycles. The predicted molar refractivity (Wildman–Crippen MR) is 167 cm³/mol. The maximum absolute atomic E-state index is 14.3. The Labute approximate surface area is 254 Å². The van der Waals surface area contributed by atoms with Crippen LogP contribution in [0.15, 0.2) is 77.7 Å². The summed E-state index contributed by atoms with van der Waals surface area (Å²) in [5.41, 5.74) is 2.14. The zero-order valence-corrected chi connectivity index (χ0v) is 26.1. The van der Waals surface area contributed by atoms with Gasteiger partial charge in [0.05, 0.1) is 24.8 Å². The van der Waals surface area contributed by atoms with E-state index < -0.39 is 28.5 Å². The molecule has 4 rings (SSSR count). The van der Waals surface area contributed by atoms with E-state index in [0.29, 0.717) is 17.9 Å². The Morgan fingerprint density at radius 1 is 0.930 bits per heavy atom. The van der Waals surface area contributed by atoms with Crippen LogP contribution in [0, 0.1) is 6.92 Å². The van der Waals surface area contributed by atoms with Crippen molar-refractivity contribution in [3.63, 3.8) is 0 Å². The van der Waals surface area contributed by atoms with Crippen LogP contribution in [0.2, 0.25) is 0 Å². The quantitative estimate of drug-likeness (QED) is 0.291. The van der Waals surface area contributed by atoms with Gasteiger partial charge in [-0.15, -0.1) is 0 Å². The fourth-order valence-electron chi connectivity index (χ4n) is 5.41. The van der Waals surface area contributed by atoms with E-state index in [4.69, 9.17) is 9.47 Å². The Morgan fingerprint density at radius 3 is 2.19 bits per heavy atom. The monoisotopic (exact) mass is 607 g/mol. The number of hydrogen-bond donors (Lipinski definition) is 1. The first-order valence-corrected chi connectivity index (χ1v) is 16.1. The molecule has 1 aliphatic rings. The third kappa shape index (κ3) is 7.67. The Bertz CT molecular complexity index is 1490. The highest BCUT2D eigenvalue weighted by Crippen LogP contribution is 2.34. The van der Waals surface area contributed by atoms with Gasteiger partial charge in [0.1, 0.15) is 12.6 Å². The van der Waals surface area contributed by atoms with Crippen LogP contribution in [0.3, 0.4) is 0 Å². The molecule has 1 saturated carbocycles. The van der Waals surface area contributed by atoms with Gasteiger partial charge >= 0.3 is 0 Å². The van der Waals surface area contributed by atoms with Gasteiger partial charge in [-0.25, -0.2) is 8.42 Å². The summed E-state index contributed by atoms with van der Waals surface area (Å²) in [5.74, 6) is 0.0200. The molecule has 230 valence electrons. The topological polar surface area (TPSA) is 105 Å². The summed E-state index contributed by atoms with van der Waals surface area (Å²) in [6.07, 6.45) is 4.32. The second kappa shape index (κ2) is 14.4. The van der Waals surface area contributed by atoms with Crippen LogP contribution < -0.4 is 19.1 Å². The summed E-state index contributed by atoms with van der Waals surface area (Å²) in [5, 5.41) is 3.13. The minimum Gasteiger partial charge on any atom is -0.493 e. The van der Waals surface area contributed by atoms with E-state index in [0.717, 1.165) is 41.1 Å². The molecule has 3 aromatic carbocycles. The molecule has 3 aromatic rings. The lowest BCUT2D eigenvalue weighted by Gasteiger charge is -2.34. The Balaban J connectivity index is 1.74. The van der Waals surface area contributed by atoms with Gasteiger partial charge in [-0.05, 0) is 56.0 Å². The van der Waals surface area contributed by atoms with E-state index in [1.165, 1.54) is 37.3 Å². The molecule has 0 radical (unpaired) electrons. The molecule has 0 heterocycles. The fraction of sp³-hybridized carbons (Fsp3) is 0.394. The van der Waals surface area contributed by atoms with Gasteiger partial charge in [-0.1, -0.05) is 67.8 Å². The third-order valence-electron chi connectivity index (χ3n) is 7.83. The van der Waals surface area contributed by atoms with Crippen LogP contribution in [0.5, 0.6) is 11.5 Å². The molecule has 10 heteroatoms. The van der Waals surface area contributed by atoms with Crippen LogP contribution in [0.25, 0.3) is 0 Å². The molecule has 0 aliphatic heterocycles. The number of benzene rings is 3. The number of sulfonamides is 1. The number of carbonyl (C=O) groups is 2. The van der Waals surface area contributed by atoms with Gasteiger partial charge in [0.25, 0.3) is 10.0 Å². The molecule has 1 fully saturated rings. The molecular formula is C33H41N3O6S. The number of ether oxygens (including phenoxy) is 2. The maximum atomic E-state index is 14.3. The van der Waals surface area contributed by atoms with Crippen LogP contribution >= 0.6 is 0 Å². The first-order chi connectivity index (χ1) is 20.7. The molecule has 9 nitrogen and oxygen atoms in total. The number of carbonyl (C=O) groups excluding carboxylic acids is 2. The van der Waals surface area contributed by atoms with Gasteiger partial charge < -0.3 is 19.7 Å². The normalized spacial score (nSPS) is 14.1. The van der Waals surface area contributed by atoms with Crippen molar-refractivity contribution in [2.75, 3.05) is 25.1 Å². The van der Waals surface area contributed by atoms with Crippen molar-refractivity contribution in [1.82, 2.24) is 10.2 Å². The van der Waals surface area contributed by atoms with Crippen molar-refractivity contribution >= 4 is 27.5 Å². The molecule has 2 amide bonds. The molecule has 43 heavy (non-hydrogen) atoms. The van der Waals surface area contributed by atoms with Gasteiger partial charge in [-0.2, -0.15) is 0 Å². The Kier molecular flexibility index (Phi) is 10.7. The first-order valence-electron chi connectivity index (χ1n) is 14.6. The molecule has 1 atom stereocenters. The summed E-state index contributed by atoms with van der Waals surface area (Å²) >= 11 is 0. The molecule has 1 unspecified atom stereocenters. The first kappa shape index (κ1) is 31.9. The van der Waals surface area contributed by atoms with Crippen molar-refractivity contribution < 1.29 is 27.5 Å². The molecule has 0 bridgehead atoms. The highest BCUT2D eigenvalue weighted by molar-refractivity contribution is 7.92. The number of methoxy groups -OCH3 is 2. The van der Waals surface area contributed by atoms with E-state index in [1.807, 2.05) is 38.1 Å². The lowest BCUT2D eigenvalue weighted by atomic mass is 10.1. The number of hydrogen-bond acceptors (Lipinski definition) is 6. The van der Waals surface area contributed by atoms with E-state index in [-0.39, 0.29) is 29.1 Å². The maximum Gasteiger partial charge on any atom is 0.264 e. The van der Waals surface area contributed by atoms with Gasteiger partial charge in [-0.3, -0.25) is 13.9 Å². The molecule has 1 N–H and O–H groups in total. The van der Waals surface area contributed by atoms with Crippen LogP contribution in [0.4, 0.5) is 5.69 Å². The largest absolute Gasteiger partial charge is 0.493 e. The van der Waals surface area contributed by atoms with Crippen molar-refractivity contribution in [1.29, 1.82) is 0 Å². The minimum atomic E-state index is -4.19. The van der Waals surface area contributed by atoms with Crippen molar-refractivity contribution in [2.24, 2.45) is 0 Å². The van der Waals surface area contributed by atoms with E-state index in [1.54, 1.807) is 30.3 Å². The standard InChI is InChI=1S/C33H41N3O6S/c1-5-29(33(38)34-26-11-9-10-12-26)35(22-25-17-15-24(2)16-18-25)32(37)23-36(43(39,40)28-13-7-6-8-14-28)27-19-20-30(41-3)31(21-27)42-4/h6-8,13-21,26,29H,5,9-12,22-23H2,1-4H3,(H,34,38). The van der Waals surface area contributed by atoms with Crippen LogP contribution in [-0.2, 0) is 26.2 Å². The number of aryl methyl sites for hydroxylation is 1. The Morgan fingerprint density at radius 2 is 1.58 bits per heavy atom.